The summed E-state index contributed by atoms with van der Waals surface area (Å²) >= 11 is 0. The van der Waals surface area contributed by atoms with E-state index in [0.29, 0.717) is 35.7 Å². The summed E-state index contributed by atoms with van der Waals surface area (Å²) in [6.07, 6.45) is 1.94. The summed E-state index contributed by atoms with van der Waals surface area (Å²) in [5, 5.41) is 10.1. The molecule has 2 rings (SSSR count). The predicted octanol–water partition coefficient (Wildman–Crippen LogP) is 0.689. The van der Waals surface area contributed by atoms with Crippen LogP contribution in [0.2, 0.25) is 0 Å². The number of hydrogen-bond acceptors (Lipinski definition) is 6. The first-order valence-corrected chi connectivity index (χ1v) is 9.30. The predicted molar refractivity (Wildman–Crippen MR) is 90.5 cm³/mol. The molecule has 1 aromatic carbocycles. The lowest BCUT2D eigenvalue weighted by molar-refractivity contribution is 0.387. The molecule has 0 fully saturated rings. The second-order valence-electron chi connectivity index (χ2n) is 5.25. The van der Waals surface area contributed by atoms with Crippen molar-refractivity contribution in [3.63, 3.8) is 0 Å². The molecule has 0 atom stereocenters. The Morgan fingerprint density at radius 1 is 1.25 bits per heavy atom. The minimum atomic E-state index is -3.15. The number of nitrogens with one attached hydrogen (secondary N) is 2. The van der Waals surface area contributed by atoms with Crippen LogP contribution in [0.5, 0.6) is 0 Å². The van der Waals surface area contributed by atoms with Gasteiger partial charge in [-0.1, -0.05) is 17.3 Å². The van der Waals surface area contributed by atoms with Crippen molar-refractivity contribution in [3.8, 4) is 0 Å². The van der Waals surface area contributed by atoms with E-state index in [1.807, 2.05) is 12.1 Å². The van der Waals surface area contributed by atoms with E-state index in [1.54, 1.807) is 26.1 Å². The maximum absolute atomic E-state index is 11.4. The standard InChI is InChI=1S/C15H21N5O3S/c1-11-19-14(20-23-11)10-18-15(16-2)17-9-8-12-4-6-13(7-5-12)24(3,21)22/h4-7H,8-10H2,1-3H3,(H2,16,17,18). The number of aryl methyl sites for hydroxylation is 1. The largest absolute Gasteiger partial charge is 0.356 e. The highest BCUT2D eigenvalue weighted by Gasteiger charge is 2.06. The van der Waals surface area contributed by atoms with Crippen LogP contribution in [0.3, 0.4) is 0 Å². The SMILES string of the molecule is CN=C(NCCc1ccc(S(C)(=O)=O)cc1)NCc1noc(C)n1. The third-order valence-electron chi connectivity index (χ3n) is 3.26. The zero-order valence-corrected chi connectivity index (χ0v) is 14.7. The Morgan fingerprint density at radius 3 is 2.50 bits per heavy atom. The van der Waals surface area contributed by atoms with Crippen molar-refractivity contribution in [2.24, 2.45) is 4.99 Å². The van der Waals surface area contributed by atoms with Crippen LogP contribution in [0.1, 0.15) is 17.3 Å². The second-order valence-corrected chi connectivity index (χ2v) is 7.26. The lowest BCUT2D eigenvalue weighted by Gasteiger charge is -2.10. The van der Waals surface area contributed by atoms with E-state index in [1.165, 1.54) is 6.26 Å². The summed E-state index contributed by atoms with van der Waals surface area (Å²) in [6, 6.07) is 6.87. The monoisotopic (exact) mass is 351 g/mol. The summed E-state index contributed by atoms with van der Waals surface area (Å²) < 4.78 is 27.7. The number of hydrogen-bond donors (Lipinski definition) is 2. The molecule has 0 aliphatic heterocycles. The van der Waals surface area contributed by atoms with Crippen LogP contribution in [0.15, 0.2) is 38.7 Å². The molecule has 0 amide bonds. The summed E-state index contributed by atoms with van der Waals surface area (Å²) in [5.74, 6) is 1.71. The molecule has 0 radical (unpaired) electrons. The van der Waals surface area contributed by atoms with Crippen molar-refractivity contribution in [1.82, 2.24) is 20.8 Å². The number of nitrogens with zero attached hydrogens (tertiary/aromatic N) is 3. The fourth-order valence-electron chi connectivity index (χ4n) is 2.03. The maximum Gasteiger partial charge on any atom is 0.223 e. The van der Waals surface area contributed by atoms with Crippen molar-refractivity contribution < 1.29 is 12.9 Å². The molecule has 0 unspecified atom stereocenters. The molecule has 0 bridgehead atoms. The molecule has 1 heterocycles. The van der Waals surface area contributed by atoms with E-state index >= 15 is 0 Å². The number of guanidine groups is 1. The van der Waals surface area contributed by atoms with Crippen LogP contribution in [-0.4, -0.2) is 44.4 Å². The van der Waals surface area contributed by atoms with Crippen LogP contribution < -0.4 is 10.6 Å². The van der Waals surface area contributed by atoms with Gasteiger partial charge in [0, 0.05) is 26.8 Å². The Balaban J connectivity index is 1.79. The minimum Gasteiger partial charge on any atom is -0.356 e. The van der Waals surface area contributed by atoms with Gasteiger partial charge in [-0.3, -0.25) is 4.99 Å². The highest BCUT2D eigenvalue weighted by molar-refractivity contribution is 7.90. The summed E-state index contributed by atoms with van der Waals surface area (Å²) in [6.45, 7) is 2.81. The van der Waals surface area contributed by atoms with Gasteiger partial charge in [0.15, 0.2) is 21.6 Å². The minimum absolute atomic E-state index is 0.326. The molecule has 24 heavy (non-hydrogen) atoms. The first-order chi connectivity index (χ1) is 11.4. The Bertz CT molecular complexity index is 797. The highest BCUT2D eigenvalue weighted by Crippen LogP contribution is 2.10. The molecule has 9 heteroatoms. The second kappa shape index (κ2) is 7.91. The van der Waals surface area contributed by atoms with Crippen LogP contribution in [-0.2, 0) is 22.8 Å². The number of benzene rings is 1. The summed E-state index contributed by atoms with van der Waals surface area (Å²) in [4.78, 5) is 8.54. The van der Waals surface area contributed by atoms with Gasteiger partial charge in [-0.05, 0) is 24.1 Å². The van der Waals surface area contributed by atoms with Crippen LogP contribution in [0, 0.1) is 6.92 Å². The van der Waals surface area contributed by atoms with Crippen LogP contribution in [0.4, 0.5) is 0 Å². The van der Waals surface area contributed by atoms with Crippen LogP contribution >= 0.6 is 0 Å². The van der Waals surface area contributed by atoms with Gasteiger partial charge in [0.2, 0.25) is 5.89 Å². The van der Waals surface area contributed by atoms with Gasteiger partial charge in [0.1, 0.15) is 0 Å². The molecule has 0 aliphatic rings. The molecule has 0 spiro atoms. The average molecular weight is 351 g/mol. The first kappa shape index (κ1) is 17.9. The fourth-order valence-corrected chi connectivity index (χ4v) is 2.66. The fraction of sp³-hybridized carbons (Fsp3) is 0.400. The Labute approximate surface area is 141 Å². The van der Waals surface area contributed by atoms with E-state index in [2.05, 4.69) is 25.8 Å². The lowest BCUT2D eigenvalue weighted by atomic mass is 10.1. The van der Waals surface area contributed by atoms with Gasteiger partial charge < -0.3 is 15.2 Å². The first-order valence-electron chi connectivity index (χ1n) is 7.41. The molecule has 8 nitrogen and oxygen atoms in total. The molecule has 0 saturated heterocycles. The topological polar surface area (TPSA) is 109 Å². The van der Waals surface area contributed by atoms with E-state index in [4.69, 9.17) is 4.52 Å². The molecular weight excluding hydrogens is 330 g/mol. The maximum atomic E-state index is 11.4. The smallest absolute Gasteiger partial charge is 0.223 e. The number of rotatable bonds is 6. The van der Waals surface area contributed by atoms with Gasteiger partial charge in [-0.15, -0.1) is 0 Å². The van der Waals surface area contributed by atoms with E-state index < -0.39 is 9.84 Å². The molecule has 130 valence electrons. The van der Waals surface area contributed by atoms with E-state index in [9.17, 15) is 8.42 Å². The number of sulfone groups is 1. The molecular formula is C15H21N5O3S. The zero-order chi connectivity index (χ0) is 17.6. The third kappa shape index (κ3) is 5.34. The Morgan fingerprint density at radius 2 is 1.96 bits per heavy atom. The van der Waals surface area contributed by atoms with Gasteiger partial charge in [-0.25, -0.2) is 8.42 Å². The van der Waals surface area contributed by atoms with E-state index in [0.717, 1.165) is 12.0 Å². The van der Waals surface area contributed by atoms with Gasteiger partial charge in [0.25, 0.3) is 0 Å². The van der Waals surface area contributed by atoms with Gasteiger partial charge in [0.05, 0.1) is 11.4 Å². The van der Waals surface area contributed by atoms with Crippen molar-refractivity contribution in [1.29, 1.82) is 0 Å². The summed E-state index contributed by atoms with van der Waals surface area (Å²) in [5.41, 5.74) is 1.04. The van der Waals surface area contributed by atoms with E-state index in [-0.39, 0.29) is 0 Å². The van der Waals surface area contributed by atoms with Crippen LogP contribution in [0.25, 0.3) is 0 Å². The van der Waals surface area contributed by atoms with Crippen molar-refractivity contribution in [2.45, 2.75) is 24.8 Å². The molecule has 2 aromatic rings. The number of aromatic nitrogens is 2. The molecule has 0 saturated carbocycles. The Hall–Kier alpha value is -2.42. The Kier molecular flexibility index (Phi) is 5.91. The van der Waals surface area contributed by atoms with Crippen molar-refractivity contribution in [3.05, 3.63) is 41.5 Å². The molecule has 2 N–H and O–H groups in total. The zero-order valence-electron chi connectivity index (χ0n) is 13.9. The van der Waals surface area contributed by atoms with Crippen molar-refractivity contribution >= 4 is 15.8 Å². The normalized spacial score (nSPS) is 12.2. The average Bonchev–Trinajstić information content (AvgIpc) is 2.96. The molecule has 0 aliphatic carbocycles. The molecule has 1 aromatic heterocycles. The summed E-state index contributed by atoms with van der Waals surface area (Å²) in [7, 11) is -1.48. The lowest BCUT2D eigenvalue weighted by Crippen LogP contribution is -2.38. The van der Waals surface area contributed by atoms with Crippen molar-refractivity contribution in [2.75, 3.05) is 19.8 Å². The third-order valence-corrected chi connectivity index (χ3v) is 4.39. The highest BCUT2D eigenvalue weighted by atomic mass is 32.2. The van der Waals surface area contributed by atoms with Gasteiger partial charge in [-0.2, -0.15) is 4.98 Å². The number of aliphatic imine (C=N–C) groups is 1. The van der Waals surface area contributed by atoms with Gasteiger partial charge >= 0.3 is 0 Å². The quantitative estimate of drug-likeness (QED) is 0.582.